The maximum Gasteiger partial charge on any atom is 0.309 e. The summed E-state index contributed by atoms with van der Waals surface area (Å²) in [6.07, 6.45) is 1.31. The average Bonchev–Trinajstić information content (AvgIpc) is 3.03. The molecule has 2 heterocycles. The number of carboxylic acid groups (broad SMARTS) is 2. The number of esters is 2. The number of unbranched alkanes of at least 4 members (excludes halogenated alkanes) is 2. The van der Waals surface area contributed by atoms with Crippen LogP contribution in [-0.2, 0) is 39.5 Å². The minimum atomic E-state index is -1.69. The molecular formula is C39H52O11. The van der Waals surface area contributed by atoms with E-state index >= 15 is 0 Å². The first kappa shape index (κ1) is 39.0. The highest BCUT2D eigenvalue weighted by molar-refractivity contribution is 5.76. The van der Waals surface area contributed by atoms with Gasteiger partial charge in [-0.1, -0.05) is 100 Å². The van der Waals surface area contributed by atoms with Crippen LogP contribution in [0.1, 0.15) is 115 Å². The number of ether oxygens (including phenoxy) is 2. The molecule has 0 saturated carbocycles. The fourth-order valence-electron chi connectivity index (χ4n) is 7.91. The first-order valence-corrected chi connectivity index (χ1v) is 17.6. The molecule has 0 aromatic heterocycles. The Morgan fingerprint density at radius 2 is 1.06 bits per heavy atom. The molecule has 11 nitrogen and oxygen atoms in total. The van der Waals surface area contributed by atoms with Crippen molar-refractivity contribution in [3.05, 3.63) is 71.8 Å². The Kier molecular flexibility index (Phi) is 12.9. The van der Waals surface area contributed by atoms with Gasteiger partial charge in [-0.2, -0.15) is 0 Å². The van der Waals surface area contributed by atoms with Gasteiger partial charge in [0, 0.05) is 23.7 Å². The van der Waals surface area contributed by atoms with Crippen LogP contribution in [0.4, 0.5) is 0 Å². The molecule has 2 aliphatic heterocycles. The van der Waals surface area contributed by atoms with E-state index in [1.165, 1.54) is 0 Å². The number of hydrogen-bond donors (Lipinski definition) is 5. The fourth-order valence-corrected chi connectivity index (χ4v) is 7.91. The van der Waals surface area contributed by atoms with Crippen LogP contribution in [0.15, 0.2) is 60.7 Å². The molecule has 0 spiro atoms. The number of carbonyl (C=O) groups excluding carboxylic acids is 2. The number of benzene rings is 2. The molecule has 2 aliphatic rings. The summed E-state index contributed by atoms with van der Waals surface area (Å²) in [5.74, 6) is -3.60. The lowest BCUT2D eigenvalue weighted by molar-refractivity contribution is -0.181. The maximum atomic E-state index is 12.5. The lowest BCUT2D eigenvalue weighted by atomic mass is 9.68. The zero-order valence-electron chi connectivity index (χ0n) is 29.1. The summed E-state index contributed by atoms with van der Waals surface area (Å²) in [7, 11) is 0. The molecule has 5 N–H and O–H groups in total. The van der Waals surface area contributed by atoms with Crippen molar-refractivity contribution < 1.29 is 54.2 Å². The SMILES string of the molecule is CC(CCCCC(O)CCCCC(C)(c1ccccc1)C1CC(O)(CC(=O)O)CC(=O)O1)(c1ccccc1)C1CC(O)(CC(=O)O)CC(=O)O1. The molecule has 2 aromatic rings. The van der Waals surface area contributed by atoms with Crippen LogP contribution in [0.25, 0.3) is 0 Å². The highest BCUT2D eigenvalue weighted by Crippen LogP contribution is 2.44. The second-order valence-electron chi connectivity index (χ2n) is 15.0. The number of hydrogen-bond acceptors (Lipinski definition) is 9. The van der Waals surface area contributed by atoms with Crippen LogP contribution in [0.3, 0.4) is 0 Å². The van der Waals surface area contributed by atoms with Gasteiger partial charge in [-0.25, -0.2) is 0 Å². The van der Waals surface area contributed by atoms with E-state index in [0.717, 1.165) is 11.1 Å². The third kappa shape index (κ3) is 10.1. The standard InChI is InChI=1S/C39H52O11/c1-36(27-13-5-3-6-14-27,30-21-38(47,23-32(41)42)25-34(45)49-30)19-11-9-17-29(40)18-10-12-20-37(2,28-15-7-4-8-16-28)31-22-39(48,24-33(43)44)26-35(46)50-31/h3-8,13-16,29-31,40,47-48H,9-12,17-26H2,1-2H3,(H,41,42)(H,43,44). The van der Waals surface area contributed by atoms with Gasteiger partial charge in [0.15, 0.2) is 0 Å². The lowest BCUT2D eigenvalue weighted by Crippen LogP contribution is -2.52. The normalized spacial score (nSPS) is 26.9. The van der Waals surface area contributed by atoms with Crippen LogP contribution in [-0.4, -0.2) is 78.9 Å². The monoisotopic (exact) mass is 696 g/mol. The number of aliphatic carboxylic acids is 2. The van der Waals surface area contributed by atoms with Gasteiger partial charge in [0.25, 0.3) is 0 Å². The lowest BCUT2D eigenvalue weighted by Gasteiger charge is -2.44. The van der Waals surface area contributed by atoms with Crippen molar-refractivity contribution >= 4 is 23.9 Å². The molecule has 0 bridgehead atoms. The van der Waals surface area contributed by atoms with E-state index in [9.17, 15) is 44.7 Å². The number of carboxylic acids is 2. The summed E-state index contributed by atoms with van der Waals surface area (Å²) in [5, 5.41) is 51.7. The Hall–Kier alpha value is -3.80. The maximum absolute atomic E-state index is 12.5. The first-order chi connectivity index (χ1) is 23.6. The van der Waals surface area contributed by atoms with Gasteiger partial charge in [0.2, 0.25) is 0 Å². The van der Waals surface area contributed by atoms with Crippen LogP contribution in [0.2, 0.25) is 0 Å². The van der Waals surface area contributed by atoms with E-state index in [0.29, 0.717) is 51.4 Å². The minimum Gasteiger partial charge on any atom is -0.481 e. The Labute approximate surface area is 293 Å². The van der Waals surface area contributed by atoms with Gasteiger partial charge in [-0.05, 0) is 36.8 Å². The predicted molar refractivity (Wildman–Crippen MR) is 183 cm³/mol. The summed E-state index contributed by atoms with van der Waals surface area (Å²) < 4.78 is 11.5. The van der Waals surface area contributed by atoms with Crippen LogP contribution in [0, 0.1) is 0 Å². The van der Waals surface area contributed by atoms with Crippen LogP contribution < -0.4 is 0 Å². The van der Waals surface area contributed by atoms with Crippen molar-refractivity contribution in [1.82, 2.24) is 0 Å². The summed E-state index contributed by atoms with van der Waals surface area (Å²) >= 11 is 0. The summed E-state index contributed by atoms with van der Waals surface area (Å²) in [4.78, 5) is 48.0. The van der Waals surface area contributed by atoms with Gasteiger partial charge in [0.1, 0.15) is 12.2 Å². The Balaban J connectivity index is 1.33. The highest BCUT2D eigenvalue weighted by atomic mass is 16.6. The van der Waals surface area contributed by atoms with E-state index in [1.54, 1.807) is 0 Å². The van der Waals surface area contributed by atoms with Crippen molar-refractivity contribution in [1.29, 1.82) is 0 Å². The zero-order chi connectivity index (χ0) is 36.6. The molecule has 6 unspecified atom stereocenters. The van der Waals surface area contributed by atoms with E-state index in [4.69, 9.17) is 9.47 Å². The Bertz CT molecular complexity index is 1350. The van der Waals surface area contributed by atoms with Crippen molar-refractivity contribution in [2.24, 2.45) is 0 Å². The topological polar surface area (TPSA) is 188 Å². The van der Waals surface area contributed by atoms with E-state index in [2.05, 4.69) is 0 Å². The summed E-state index contributed by atoms with van der Waals surface area (Å²) in [6, 6.07) is 19.1. The number of aliphatic hydroxyl groups is 3. The summed E-state index contributed by atoms with van der Waals surface area (Å²) in [5.41, 5.74) is -2.90. The quantitative estimate of drug-likeness (QED) is 0.102. The molecule has 0 amide bonds. The van der Waals surface area contributed by atoms with E-state index in [-0.39, 0.29) is 25.7 Å². The van der Waals surface area contributed by atoms with Gasteiger partial charge in [0.05, 0.1) is 43.0 Å². The molecule has 11 heteroatoms. The van der Waals surface area contributed by atoms with Crippen LogP contribution >= 0.6 is 0 Å². The van der Waals surface area contributed by atoms with Crippen molar-refractivity contribution in [3.63, 3.8) is 0 Å². The van der Waals surface area contributed by atoms with E-state index < -0.39 is 77.1 Å². The molecule has 2 saturated heterocycles. The second-order valence-corrected chi connectivity index (χ2v) is 15.0. The van der Waals surface area contributed by atoms with Gasteiger partial charge in [-0.15, -0.1) is 0 Å². The first-order valence-electron chi connectivity index (χ1n) is 17.6. The number of carbonyl (C=O) groups is 4. The van der Waals surface area contributed by atoms with Crippen molar-refractivity contribution in [2.75, 3.05) is 0 Å². The van der Waals surface area contributed by atoms with Crippen LogP contribution in [0.5, 0.6) is 0 Å². The van der Waals surface area contributed by atoms with E-state index in [1.807, 2.05) is 74.5 Å². The second kappa shape index (κ2) is 16.5. The number of aliphatic hydroxyl groups excluding tert-OH is 1. The molecule has 50 heavy (non-hydrogen) atoms. The molecular weight excluding hydrogens is 644 g/mol. The van der Waals surface area contributed by atoms with Crippen molar-refractivity contribution in [2.45, 2.75) is 144 Å². The molecule has 2 fully saturated rings. The van der Waals surface area contributed by atoms with Crippen molar-refractivity contribution in [3.8, 4) is 0 Å². The molecule has 274 valence electrons. The molecule has 6 atom stereocenters. The number of rotatable bonds is 18. The number of cyclic esters (lactones) is 2. The average molecular weight is 697 g/mol. The third-order valence-corrected chi connectivity index (χ3v) is 10.8. The largest absolute Gasteiger partial charge is 0.481 e. The third-order valence-electron chi connectivity index (χ3n) is 10.8. The zero-order valence-corrected chi connectivity index (χ0v) is 29.1. The Morgan fingerprint density at radius 3 is 1.40 bits per heavy atom. The molecule has 2 aromatic carbocycles. The predicted octanol–water partition coefficient (Wildman–Crippen LogP) is 5.21. The highest BCUT2D eigenvalue weighted by Gasteiger charge is 2.50. The van der Waals surface area contributed by atoms with Gasteiger partial charge < -0.3 is 35.0 Å². The Morgan fingerprint density at radius 1 is 0.700 bits per heavy atom. The summed E-state index contributed by atoms with van der Waals surface area (Å²) in [6.45, 7) is 3.94. The fraction of sp³-hybridized carbons (Fsp3) is 0.590. The van der Waals surface area contributed by atoms with Gasteiger partial charge in [-0.3, -0.25) is 19.2 Å². The molecule has 0 radical (unpaired) electrons. The smallest absolute Gasteiger partial charge is 0.309 e. The molecule has 0 aliphatic carbocycles. The molecule has 4 rings (SSSR count). The van der Waals surface area contributed by atoms with Gasteiger partial charge >= 0.3 is 23.9 Å². The minimum absolute atomic E-state index is 0.0138.